The van der Waals surface area contributed by atoms with E-state index in [4.69, 9.17) is 0 Å². The highest BCUT2D eigenvalue weighted by atomic mass is 32.1. The first-order valence-corrected chi connectivity index (χ1v) is 9.44. The summed E-state index contributed by atoms with van der Waals surface area (Å²) < 4.78 is 0. The summed E-state index contributed by atoms with van der Waals surface area (Å²) in [5.41, 5.74) is 3.89. The summed E-state index contributed by atoms with van der Waals surface area (Å²) in [5, 5.41) is 5.70. The van der Waals surface area contributed by atoms with Crippen LogP contribution in [0.2, 0.25) is 0 Å². The fraction of sp³-hybridized carbons (Fsp3) is 0.238. The lowest BCUT2D eigenvalue weighted by atomic mass is 10.1. The summed E-state index contributed by atoms with van der Waals surface area (Å²) in [5.74, 6) is -0.137. The highest BCUT2D eigenvalue weighted by Crippen LogP contribution is 2.24. The number of hydrogen-bond acceptors (Lipinski definition) is 4. The molecular formula is C21H23N3OS. The summed E-state index contributed by atoms with van der Waals surface area (Å²) in [4.78, 5) is 19.1. The normalized spacial score (nSPS) is 12.2. The van der Waals surface area contributed by atoms with Crippen molar-refractivity contribution in [2.45, 2.75) is 13.0 Å². The lowest BCUT2D eigenvalue weighted by Gasteiger charge is -2.24. The molecule has 0 aliphatic rings. The summed E-state index contributed by atoms with van der Waals surface area (Å²) in [6.45, 7) is 2.59. The van der Waals surface area contributed by atoms with Crippen LogP contribution in [-0.2, 0) is 0 Å². The standard InChI is InChI=1S/C21H23N3OS/c1-15-9-11-17(12-10-15)21-23-18(14-26-21)20(25)22-13-19(24(2)3)16-7-5-4-6-8-16/h4-12,14,19H,13H2,1-3H3,(H,22,25). The quantitative estimate of drug-likeness (QED) is 0.714. The Morgan fingerprint density at radius 3 is 2.46 bits per heavy atom. The molecule has 1 unspecified atom stereocenters. The van der Waals surface area contributed by atoms with Gasteiger partial charge < -0.3 is 10.2 Å². The minimum Gasteiger partial charge on any atom is -0.349 e. The van der Waals surface area contributed by atoms with Gasteiger partial charge in [0, 0.05) is 17.5 Å². The van der Waals surface area contributed by atoms with Crippen molar-refractivity contribution in [3.8, 4) is 10.6 Å². The molecule has 26 heavy (non-hydrogen) atoms. The fourth-order valence-corrected chi connectivity index (χ4v) is 3.57. The first kappa shape index (κ1) is 18.3. The maximum atomic E-state index is 12.5. The molecule has 0 saturated carbocycles. The Bertz CT molecular complexity index is 856. The van der Waals surface area contributed by atoms with E-state index in [0.717, 1.165) is 10.6 Å². The number of likely N-dealkylation sites (N-methyl/N-ethyl adjacent to an activating group) is 1. The minimum absolute atomic E-state index is 0.121. The first-order valence-electron chi connectivity index (χ1n) is 8.56. The Hall–Kier alpha value is -2.50. The molecule has 134 valence electrons. The van der Waals surface area contributed by atoms with Gasteiger partial charge in [-0.2, -0.15) is 0 Å². The van der Waals surface area contributed by atoms with Crippen LogP contribution >= 0.6 is 11.3 Å². The molecule has 0 spiro atoms. The van der Waals surface area contributed by atoms with Crippen molar-refractivity contribution in [1.29, 1.82) is 0 Å². The molecular weight excluding hydrogens is 342 g/mol. The zero-order valence-electron chi connectivity index (χ0n) is 15.3. The number of aromatic nitrogens is 1. The van der Waals surface area contributed by atoms with Crippen molar-refractivity contribution in [3.63, 3.8) is 0 Å². The van der Waals surface area contributed by atoms with Gasteiger partial charge >= 0.3 is 0 Å². The third-order valence-electron chi connectivity index (χ3n) is 4.30. The number of hydrogen-bond donors (Lipinski definition) is 1. The van der Waals surface area contributed by atoms with Crippen molar-refractivity contribution < 1.29 is 4.79 Å². The number of amides is 1. The summed E-state index contributed by atoms with van der Waals surface area (Å²) in [6, 6.07) is 18.5. The SMILES string of the molecule is Cc1ccc(-c2nc(C(=O)NCC(c3ccccc3)N(C)C)cs2)cc1. The van der Waals surface area contributed by atoms with E-state index < -0.39 is 0 Å². The van der Waals surface area contributed by atoms with E-state index >= 15 is 0 Å². The number of rotatable bonds is 6. The number of carbonyl (C=O) groups excluding carboxylic acids is 1. The van der Waals surface area contributed by atoms with Crippen molar-refractivity contribution >= 4 is 17.2 Å². The van der Waals surface area contributed by atoms with Crippen molar-refractivity contribution in [2.75, 3.05) is 20.6 Å². The molecule has 3 rings (SSSR count). The molecule has 1 heterocycles. The van der Waals surface area contributed by atoms with Gasteiger partial charge in [-0.1, -0.05) is 60.2 Å². The van der Waals surface area contributed by atoms with Gasteiger partial charge in [-0.05, 0) is 26.6 Å². The second-order valence-corrected chi connectivity index (χ2v) is 7.36. The molecule has 5 heteroatoms. The topological polar surface area (TPSA) is 45.2 Å². The predicted molar refractivity (Wildman–Crippen MR) is 107 cm³/mol. The van der Waals surface area contributed by atoms with Gasteiger partial charge in [-0.25, -0.2) is 4.98 Å². The van der Waals surface area contributed by atoms with Crippen LogP contribution in [0, 0.1) is 6.92 Å². The van der Waals surface area contributed by atoms with Crippen LogP contribution in [0.1, 0.15) is 27.7 Å². The molecule has 0 bridgehead atoms. The van der Waals surface area contributed by atoms with Gasteiger partial charge in [0.2, 0.25) is 0 Å². The highest BCUT2D eigenvalue weighted by Gasteiger charge is 2.17. The van der Waals surface area contributed by atoms with Crippen LogP contribution in [0.25, 0.3) is 10.6 Å². The molecule has 0 radical (unpaired) electrons. The smallest absolute Gasteiger partial charge is 0.270 e. The second kappa shape index (κ2) is 8.25. The van der Waals surface area contributed by atoms with Gasteiger partial charge in [-0.3, -0.25) is 4.79 Å². The molecule has 1 atom stereocenters. The Kier molecular flexibility index (Phi) is 5.81. The summed E-state index contributed by atoms with van der Waals surface area (Å²) in [6.07, 6.45) is 0. The maximum absolute atomic E-state index is 12.5. The average Bonchev–Trinajstić information content (AvgIpc) is 3.13. The number of benzene rings is 2. The van der Waals surface area contributed by atoms with E-state index in [9.17, 15) is 4.79 Å². The Balaban J connectivity index is 1.67. The lowest BCUT2D eigenvalue weighted by Crippen LogP contribution is -2.34. The maximum Gasteiger partial charge on any atom is 0.270 e. The van der Waals surface area contributed by atoms with Crippen LogP contribution < -0.4 is 5.32 Å². The zero-order chi connectivity index (χ0) is 18.5. The van der Waals surface area contributed by atoms with Crippen LogP contribution in [0.15, 0.2) is 60.0 Å². The Morgan fingerprint density at radius 1 is 1.12 bits per heavy atom. The number of aryl methyl sites for hydroxylation is 1. The monoisotopic (exact) mass is 365 g/mol. The first-order chi connectivity index (χ1) is 12.5. The fourth-order valence-electron chi connectivity index (χ4n) is 2.76. The van der Waals surface area contributed by atoms with Crippen LogP contribution in [0.4, 0.5) is 0 Å². The number of nitrogens with one attached hydrogen (secondary N) is 1. The Labute approximate surface area is 158 Å². The van der Waals surface area contributed by atoms with E-state index in [1.165, 1.54) is 22.5 Å². The molecule has 1 amide bonds. The summed E-state index contributed by atoms with van der Waals surface area (Å²) in [7, 11) is 4.03. The number of carbonyl (C=O) groups is 1. The van der Waals surface area contributed by atoms with Crippen LogP contribution in [0.3, 0.4) is 0 Å². The molecule has 2 aromatic carbocycles. The molecule has 0 aliphatic carbocycles. The molecule has 1 N–H and O–H groups in total. The minimum atomic E-state index is -0.137. The van der Waals surface area contributed by atoms with E-state index in [-0.39, 0.29) is 11.9 Å². The van der Waals surface area contributed by atoms with E-state index in [1.54, 1.807) is 0 Å². The van der Waals surface area contributed by atoms with Crippen molar-refractivity contribution in [1.82, 2.24) is 15.2 Å². The van der Waals surface area contributed by atoms with Crippen molar-refractivity contribution in [3.05, 3.63) is 76.8 Å². The third-order valence-corrected chi connectivity index (χ3v) is 5.19. The molecule has 0 saturated heterocycles. The number of thiazole rings is 1. The van der Waals surface area contributed by atoms with Crippen LogP contribution in [-0.4, -0.2) is 36.4 Å². The molecule has 3 aromatic rings. The lowest BCUT2D eigenvalue weighted by molar-refractivity contribution is 0.0937. The van der Waals surface area contributed by atoms with Gasteiger partial charge in [-0.15, -0.1) is 11.3 Å². The Morgan fingerprint density at radius 2 is 1.81 bits per heavy atom. The molecule has 0 aliphatic heterocycles. The second-order valence-electron chi connectivity index (χ2n) is 6.50. The van der Waals surface area contributed by atoms with E-state index in [2.05, 4.69) is 46.4 Å². The van der Waals surface area contributed by atoms with Gasteiger partial charge in [0.05, 0.1) is 6.04 Å². The zero-order valence-corrected chi connectivity index (χ0v) is 16.1. The van der Waals surface area contributed by atoms with Crippen molar-refractivity contribution in [2.24, 2.45) is 0 Å². The molecule has 1 aromatic heterocycles. The largest absolute Gasteiger partial charge is 0.349 e. The third kappa shape index (κ3) is 4.36. The molecule has 4 nitrogen and oxygen atoms in total. The van der Waals surface area contributed by atoms with Gasteiger partial charge in [0.1, 0.15) is 10.7 Å². The average molecular weight is 366 g/mol. The summed E-state index contributed by atoms with van der Waals surface area (Å²) >= 11 is 1.49. The predicted octanol–water partition coefficient (Wildman–Crippen LogP) is 4.15. The van der Waals surface area contributed by atoms with Gasteiger partial charge in [0.25, 0.3) is 5.91 Å². The van der Waals surface area contributed by atoms with Gasteiger partial charge in [0.15, 0.2) is 0 Å². The van der Waals surface area contributed by atoms with Crippen LogP contribution in [0.5, 0.6) is 0 Å². The molecule has 0 fully saturated rings. The van der Waals surface area contributed by atoms with E-state index in [1.807, 2.05) is 49.8 Å². The van der Waals surface area contributed by atoms with E-state index in [0.29, 0.717) is 12.2 Å². The number of nitrogens with zero attached hydrogens (tertiary/aromatic N) is 2. The highest BCUT2D eigenvalue weighted by molar-refractivity contribution is 7.13.